The van der Waals surface area contributed by atoms with Gasteiger partial charge in [-0.3, -0.25) is 14.9 Å². The summed E-state index contributed by atoms with van der Waals surface area (Å²) in [6, 6.07) is 23.4. The number of benzene rings is 3. The molecule has 0 aromatic heterocycles. The first-order valence-corrected chi connectivity index (χ1v) is 8.44. The highest BCUT2D eigenvalue weighted by atomic mass is 16.6. The van der Waals surface area contributed by atoms with Crippen LogP contribution in [0.5, 0.6) is 0 Å². The molecule has 0 heterocycles. The van der Waals surface area contributed by atoms with E-state index in [0.717, 1.165) is 12.2 Å². The SMILES string of the molecule is CN(Cc1ccccc1)c1ccc(NC(=O)c2ccccc2[N+](=O)[O-])cc1. The Balaban J connectivity index is 1.69. The van der Waals surface area contributed by atoms with E-state index in [1.54, 1.807) is 18.2 Å². The number of nitro benzene ring substituents is 1. The molecule has 3 aromatic carbocycles. The van der Waals surface area contributed by atoms with Crippen molar-refractivity contribution < 1.29 is 9.72 Å². The number of nitrogens with one attached hydrogen (secondary N) is 1. The minimum Gasteiger partial charge on any atom is -0.370 e. The molecule has 0 saturated heterocycles. The van der Waals surface area contributed by atoms with Gasteiger partial charge in [0.1, 0.15) is 5.56 Å². The lowest BCUT2D eigenvalue weighted by molar-refractivity contribution is -0.385. The van der Waals surface area contributed by atoms with Crippen molar-refractivity contribution in [2.75, 3.05) is 17.3 Å². The predicted molar refractivity (Wildman–Crippen MR) is 106 cm³/mol. The molecule has 0 aliphatic heterocycles. The van der Waals surface area contributed by atoms with Crippen molar-refractivity contribution in [3.05, 3.63) is 100 Å². The molecule has 0 bridgehead atoms. The number of amides is 1. The maximum absolute atomic E-state index is 12.4. The Morgan fingerprint density at radius 2 is 1.59 bits per heavy atom. The molecule has 0 radical (unpaired) electrons. The third-order valence-electron chi connectivity index (χ3n) is 4.17. The summed E-state index contributed by atoms with van der Waals surface area (Å²) in [7, 11) is 1.99. The second kappa shape index (κ2) is 8.14. The van der Waals surface area contributed by atoms with Crippen LogP contribution < -0.4 is 10.2 Å². The van der Waals surface area contributed by atoms with E-state index in [2.05, 4.69) is 22.3 Å². The fourth-order valence-electron chi connectivity index (χ4n) is 2.77. The zero-order valence-corrected chi connectivity index (χ0v) is 14.8. The third kappa shape index (κ3) is 4.49. The lowest BCUT2D eigenvalue weighted by Gasteiger charge is -2.19. The Labute approximate surface area is 157 Å². The van der Waals surface area contributed by atoms with Gasteiger partial charge in [-0.05, 0) is 35.9 Å². The number of carbonyl (C=O) groups excluding carboxylic acids is 1. The zero-order valence-electron chi connectivity index (χ0n) is 14.8. The molecule has 0 atom stereocenters. The molecule has 0 spiro atoms. The van der Waals surface area contributed by atoms with Gasteiger partial charge >= 0.3 is 0 Å². The van der Waals surface area contributed by atoms with Crippen molar-refractivity contribution in [3.8, 4) is 0 Å². The van der Waals surface area contributed by atoms with Crippen molar-refractivity contribution in [2.24, 2.45) is 0 Å². The normalized spacial score (nSPS) is 10.3. The smallest absolute Gasteiger partial charge is 0.282 e. The molecule has 0 aliphatic carbocycles. The second-order valence-electron chi connectivity index (χ2n) is 6.12. The quantitative estimate of drug-likeness (QED) is 0.519. The molecule has 1 amide bonds. The number of hydrogen-bond acceptors (Lipinski definition) is 4. The van der Waals surface area contributed by atoms with Crippen LogP contribution in [0.1, 0.15) is 15.9 Å². The molecule has 0 saturated carbocycles. The summed E-state index contributed by atoms with van der Waals surface area (Å²) in [5, 5.41) is 13.8. The lowest BCUT2D eigenvalue weighted by Crippen LogP contribution is -2.17. The number of nitro groups is 1. The summed E-state index contributed by atoms with van der Waals surface area (Å²) in [5.41, 5.74) is 2.60. The minimum absolute atomic E-state index is 0.0350. The van der Waals surface area contributed by atoms with Crippen LogP contribution in [0.2, 0.25) is 0 Å². The Morgan fingerprint density at radius 1 is 0.963 bits per heavy atom. The molecule has 27 heavy (non-hydrogen) atoms. The fraction of sp³-hybridized carbons (Fsp3) is 0.0952. The van der Waals surface area contributed by atoms with Crippen LogP contribution in [0.15, 0.2) is 78.9 Å². The van der Waals surface area contributed by atoms with Crippen molar-refractivity contribution in [1.82, 2.24) is 0 Å². The van der Waals surface area contributed by atoms with E-state index in [4.69, 9.17) is 0 Å². The molecular formula is C21H19N3O3. The van der Waals surface area contributed by atoms with E-state index in [1.807, 2.05) is 37.4 Å². The number of rotatable bonds is 6. The summed E-state index contributed by atoms with van der Waals surface area (Å²) in [4.78, 5) is 25.0. The number of anilines is 2. The third-order valence-corrected chi connectivity index (χ3v) is 4.17. The molecule has 0 unspecified atom stereocenters. The highest BCUT2D eigenvalue weighted by molar-refractivity contribution is 6.07. The van der Waals surface area contributed by atoms with Crippen molar-refractivity contribution in [2.45, 2.75) is 6.54 Å². The largest absolute Gasteiger partial charge is 0.370 e. The van der Waals surface area contributed by atoms with E-state index in [-0.39, 0.29) is 11.3 Å². The molecule has 6 heteroatoms. The van der Waals surface area contributed by atoms with Crippen LogP contribution in [-0.2, 0) is 6.54 Å². The van der Waals surface area contributed by atoms with Crippen LogP contribution >= 0.6 is 0 Å². The molecule has 6 nitrogen and oxygen atoms in total. The molecule has 1 N–H and O–H groups in total. The molecular weight excluding hydrogens is 342 g/mol. The van der Waals surface area contributed by atoms with E-state index in [9.17, 15) is 14.9 Å². The summed E-state index contributed by atoms with van der Waals surface area (Å²) < 4.78 is 0. The summed E-state index contributed by atoms with van der Waals surface area (Å²) in [6.07, 6.45) is 0. The number of carbonyl (C=O) groups is 1. The Morgan fingerprint density at radius 3 is 2.26 bits per heavy atom. The van der Waals surface area contributed by atoms with E-state index in [0.29, 0.717) is 5.69 Å². The highest BCUT2D eigenvalue weighted by Crippen LogP contribution is 2.22. The Hall–Kier alpha value is -3.67. The Kier molecular flexibility index (Phi) is 5.47. The second-order valence-corrected chi connectivity index (χ2v) is 6.12. The summed E-state index contributed by atoms with van der Waals surface area (Å²) in [6.45, 7) is 0.767. The van der Waals surface area contributed by atoms with Crippen molar-refractivity contribution in [3.63, 3.8) is 0 Å². The maximum Gasteiger partial charge on any atom is 0.282 e. The van der Waals surface area contributed by atoms with Gasteiger partial charge in [-0.1, -0.05) is 42.5 Å². The van der Waals surface area contributed by atoms with E-state index in [1.165, 1.54) is 23.8 Å². The van der Waals surface area contributed by atoms with Gasteiger partial charge in [0.2, 0.25) is 0 Å². The standard InChI is InChI=1S/C21H19N3O3/c1-23(15-16-7-3-2-4-8-16)18-13-11-17(12-14-18)22-21(25)19-9-5-6-10-20(19)24(26)27/h2-14H,15H2,1H3,(H,22,25). The van der Waals surface area contributed by atoms with Gasteiger partial charge in [-0.2, -0.15) is 0 Å². The number of hydrogen-bond donors (Lipinski definition) is 1. The van der Waals surface area contributed by atoms with Crippen molar-refractivity contribution in [1.29, 1.82) is 0 Å². The van der Waals surface area contributed by atoms with Crippen LogP contribution in [0, 0.1) is 10.1 Å². The predicted octanol–water partition coefficient (Wildman–Crippen LogP) is 4.48. The number of nitrogens with zero attached hydrogens (tertiary/aromatic N) is 2. The molecule has 136 valence electrons. The van der Waals surface area contributed by atoms with Crippen LogP contribution in [0.25, 0.3) is 0 Å². The highest BCUT2D eigenvalue weighted by Gasteiger charge is 2.19. The molecule has 0 aliphatic rings. The lowest BCUT2D eigenvalue weighted by atomic mass is 10.1. The van der Waals surface area contributed by atoms with Gasteiger partial charge < -0.3 is 10.2 Å². The van der Waals surface area contributed by atoms with Gasteiger partial charge in [-0.15, -0.1) is 0 Å². The van der Waals surface area contributed by atoms with E-state index < -0.39 is 10.8 Å². The Bertz CT molecular complexity index is 940. The van der Waals surface area contributed by atoms with Crippen molar-refractivity contribution >= 4 is 23.0 Å². The zero-order chi connectivity index (χ0) is 19.2. The first-order chi connectivity index (χ1) is 13.0. The van der Waals surface area contributed by atoms with Gasteiger partial charge in [0.15, 0.2) is 0 Å². The van der Waals surface area contributed by atoms with Crippen LogP contribution in [0.3, 0.4) is 0 Å². The average Bonchev–Trinajstić information content (AvgIpc) is 2.69. The summed E-state index contributed by atoms with van der Waals surface area (Å²) >= 11 is 0. The van der Waals surface area contributed by atoms with Gasteiger partial charge in [-0.25, -0.2) is 0 Å². The van der Waals surface area contributed by atoms with Crippen LogP contribution in [0.4, 0.5) is 17.1 Å². The molecule has 3 rings (SSSR count). The van der Waals surface area contributed by atoms with Gasteiger partial charge in [0, 0.05) is 31.0 Å². The first-order valence-electron chi connectivity index (χ1n) is 8.44. The van der Waals surface area contributed by atoms with Gasteiger partial charge in [0.05, 0.1) is 4.92 Å². The minimum atomic E-state index is -0.559. The maximum atomic E-state index is 12.4. The van der Waals surface area contributed by atoms with Gasteiger partial charge in [0.25, 0.3) is 11.6 Å². The summed E-state index contributed by atoms with van der Waals surface area (Å²) in [5.74, 6) is -0.507. The average molecular weight is 361 g/mol. The number of para-hydroxylation sites is 1. The van der Waals surface area contributed by atoms with Crippen LogP contribution in [-0.4, -0.2) is 17.9 Å². The van der Waals surface area contributed by atoms with E-state index >= 15 is 0 Å². The monoisotopic (exact) mass is 361 g/mol. The first kappa shape index (κ1) is 18.1. The molecule has 0 fully saturated rings. The fourth-order valence-corrected chi connectivity index (χ4v) is 2.77. The molecule has 3 aromatic rings. The topological polar surface area (TPSA) is 75.5 Å².